The van der Waals surface area contributed by atoms with Gasteiger partial charge in [0.05, 0.1) is 0 Å². The second-order valence-electron chi connectivity index (χ2n) is 9.87. The molecule has 2 unspecified atom stereocenters. The Morgan fingerprint density at radius 3 is 1.14 bits per heavy atom. The molecule has 0 spiro atoms. The molecule has 0 bridgehead atoms. The summed E-state index contributed by atoms with van der Waals surface area (Å²) in [6, 6.07) is 0. The molecule has 0 amide bonds. The van der Waals surface area contributed by atoms with E-state index in [0.717, 1.165) is 5.92 Å². The van der Waals surface area contributed by atoms with Crippen molar-refractivity contribution in [1.29, 1.82) is 0 Å². The van der Waals surface area contributed by atoms with Crippen molar-refractivity contribution in [2.24, 2.45) is 11.3 Å². The van der Waals surface area contributed by atoms with E-state index in [1.807, 2.05) is 0 Å². The van der Waals surface area contributed by atoms with Gasteiger partial charge in [0.2, 0.25) is 0 Å². The van der Waals surface area contributed by atoms with Crippen LogP contribution in [0.15, 0.2) is 0 Å². The minimum Gasteiger partial charge on any atom is -0.0654 e. The highest BCUT2D eigenvalue weighted by atomic mass is 14.4. The highest BCUT2D eigenvalue weighted by Crippen LogP contribution is 2.44. The van der Waals surface area contributed by atoms with Crippen molar-refractivity contribution in [1.82, 2.24) is 0 Å². The lowest BCUT2D eigenvalue weighted by molar-refractivity contribution is 0.111. The molecule has 0 aromatic heterocycles. The zero-order valence-corrected chi connectivity index (χ0v) is 20.9. The topological polar surface area (TPSA) is 0 Å². The molecule has 0 aliphatic heterocycles. The van der Waals surface area contributed by atoms with E-state index in [2.05, 4.69) is 34.6 Å². The van der Waals surface area contributed by atoms with Crippen LogP contribution in [0.3, 0.4) is 0 Å². The van der Waals surface area contributed by atoms with Crippen LogP contribution in [0, 0.1) is 11.3 Å². The maximum Gasteiger partial charge on any atom is -0.0272 e. The van der Waals surface area contributed by atoms with Gasteiger partial charge >= 0.3 is 0 Å². The van der Waals surface area contributed by atoms with Gasteiger partial charge in [-0.3, -0.25) is 0 Å². The molecule has 0 aliphatic carbocycles. The van der Waals surface area contributed by atoms with Crippen molar-refractivity contribution >= 4 is 0 Å². The van der Waals surface area contributed by atoms with Crippen LogP contribution in [0.5, 0.6) is 0 Å². The Morgan fingerprint density at radius 1 is 0.429 bits per heavy atom. The average Bonchev–Trinajstić information content (AvgIpc) is 2.71. The third-order valence-corrected chi connectivity index (χ3v) is 7.46. The monoisotopic (exact) mass is 394 g/mol. The van der Waals surface area contributed by atoms with Crippen LogP contribution < -0.4 is 0 Å². The molecule has 0 radical (unpaired) electrons. The normalized spacial score (nSPS) is 14.9. The molecule has 0 aliphatic rings. The zero-order valence-electron chi connectivity index (χ0n) is 20.9. The maximum atomic E-state index is 2.55. The third-order valence-electron chi connectivity index (χ3n) is 7.46. The minimum atomic E-state index is 0.649. The molecule has 0 rings (SSSR count). The molecule has 28 heavy (non-hydrogen) atoms. The van der Waals surface area contributed by atoms with E-state index >= 15 is 0 Å². The lowest BCUT2D eigenvalue weighted by Gasteiger charge is -2.40. The Hall–Kier alpha value is 0. The molecule has 170 valence electrons. The summed E-state index contributed by atoms with van der Waals surface area (Å²) < 4.78 is 0. The summed E-state index contributed by atoms with van der Waals surface area (Å²) in [5, 5.41) is 0. The molecule has 0 N–H and O–H groups in total. The highest BCUT2D eigenvalue weighted by molar-refractivity contribution is 4.84. The first-order valence-corrected chi connectivity index (χ1v) is 13.7. The Labute approximate surface area is 181 Å². The molecule has 0 fully saturated rings. The van der Waals surface area contributed by atoms with Crippen LogP contribution in [0.1, 0.15) is 169 Å². The quantitative estimate of drug-likeness (QED) is 0.160. The van der Waals surface area contributed by atoms with Crippen LogP contribution in [-0.2, 0) is 0 Å². The second-order valence-corrected chi connectivity index (χ2v) is 9.87. The first-order valence-electron chi connectivity index (χ1n) is 13.7. The molecule has 0 saturated carbocycles. The summed E-state index contributed by atoms with van der Waals surface area (Å²) in [6.07, 6.45) is 30.5. The van der Waals surface area contributed by atoms with Crippen molar-refractivity contribution in [3.8, 4) is 0 Å². The summed E-state index contributed by atoms with van der Waals surface area (Å²) in [5.74, 6) is 0.904. The van der Waals surface area contributed by atoms with E-state index in [1.165, 1.54) is 135 Å². The van der Waals surface area contributed by atoms with Crippen molar-refractivity contribution in [3.05, 3.63) is 0 Å². The molecule has 2 atom stereocenters. The fraction of sp³-hybridized carbons (Fsp3) is 1.00. The van der Waals surface area contributed by atoms with Gasteiger partial charge in [0.15, 0.2) is 0 Å². The Kier molecular flexibility index (Phi) is 20.3. The molecule has 0 aromatic carbocycles. The molecular formula is C28H58. The fourth-order valence-corrected chi connectivity index (χ4v) is 5.27. The number of rotatable bonds is 22. The Balaban J connectivity index is 3.99. The summed E-state index contributed by atoms with van der Waals surface area (Å²) in [5.41, 5.74) is 0.649. The van der Waals surface area contributed by atoms with Gasteiger partial charge in [-0.25, -0.2) is 0 Å². The molecule has 0 saturated heterocycles. The number of hydrogen-bond acceptors (Lipinski definition) is 0. The summed E-state index contributed by atoms with van der Waals surface area (Å²) in [6.45, 7) is 12.0. The minimum absolute atomic E-state index is 0.649. The molecular weight excluding hydrogens is 336 g/mol. The van der Waals surface area contributed by atoms with Crippen LogP contribution in [0.25, 0.3) is 0 Å². The number of hydrogen-bond donors (Lipinski definition) is 0. The first-order chi connectivity index (χ1) is 13.7. The van der Waals surface area contributed by atoms with E-state index in [-0.39, 0.29) is 0 Å². The van der Waals surface area contributed by atoms with Gasteiger partial charge in [0.25, 0.3) is 0 Å². The van der Waals surface area contributed by atoms with Gasteiger partial charge in [-0.1, -0.05) is 150 Å². The van der Waals surface area contributed by atoms with Crippen molar-refractivity contribution in [2.45, 2.75) is 169 Å². The molecule has 0 heteroatoms. The fourth-order valence-electron chi connectivity index (χ4n) is 5.27. The van der Waals surface area contributed by atoms with Gasteiger partial charge in [0.1, 0.15) is 0 Å². The molecule has 0 heterocycles. The average molecular weight is 395 g/mol. The smallest absolute Gasteiger partial charge is 0.0272 e. The van der Waals surface area contributed by atoms with E-state index in [0.29, 0.717) is 5.41 Å². The summed E-state index contributed by atoms with van der Waals surface area (Å²) in [7, 11) is 0. The lowest BCUT2D eigenvalue weighted by Crippen LogP contribution is -2.29. The largest absolute Gasteiger partial charge is 0.0654 e. The van der Waals surface area contributed by atoms with Crippen molar-refractivity contribution in [3.63, 3.8) is 0 Å². The Morgan fingerprint density at radius 2 is 0.786 bits per heavy atom. The van der Waals surface area contributed by atoms with Crippen LogP contribution >= 0.6 is 0 Å². The Bertz CT molecular complexity index is 294. The van der Waals surface area contributed by atoms with E-state index < -0.39 is 0 Å². The van der Waals surface area contributed by atoms with Gasteiger partial charge in [0, 0.05) is 0 Å². The van der Waals surface area contributed by atoms with Crippen LogP contribution in [0.2, 0.25) is 0 Å². The lowest BCUT2D eigenvalue weighted by atomic mass is 9.65. The predicted molar refractivity (Wildman–Crippen MR) is 131 cm³/mol. The second kappa shape index (κ2) is 20.3. The van der Waals surface area contributed by atoms with Crippen LogP contribution in [0.4, 0.5) is 0 Å². The molecule has 0 nitrogen and oxygen atoms in total. The number of unbranched alkanes of at least 4 members (excludes halogenated alkanes) is 14. The predicted octanol–water partition coefficient (Wildman–Crippen LogP) is 10.9. The van der Waals surface area contributed by atoms with E-state index in [4.69, 9.17) is 0 Å². The van der Waals surface area contributed by atoms with Gasteiger partial charge in [-0.15, -0.1) is 0 Å². The van der Waals surface area contributed by atoms with Gasteiger partial charge in [-0.2, -0.15) is 0 Å². The zero-order chi connectivity index (χ0) is 20.9. The van der Waals surface area contributed by atoms with Crippen molar-refractivity contribution in [2.75, 3.05) is 0 Å². The van der Waals surface area contributed by atoms with Crippen molar-refractivity contribution < 1.29 is 0 Å². The van der Waals surface area contributed by atoms with E-state index in [9.17, 15) is 0 Å². The maximum absolute atomic E-state index is 2.55. The van der Waals surface area contributed by atoms with Gasteiger partial charge < -0.3 is 0 Å². The summed E-state index contributed by atoms with van der Waals surface area (Å²) >= 11 is 0. The SMILES string of the molecule is CCCCCCCCCCCCCCC(CCC)(CCCCCC)C(C)CC. The van der Waals surface area contributed by atoms with Crippen LogP contribution in [-0.4, -0.2) is 0 Å². The van der Waals surface area contributed by atoms with Gasteiger partial charge in [-0.05, 0) is 30.6 Å². The van der Waals surface area contributed by atoms with E-state index in [1.54, 1.807) is 0 Å². The summed E-state index contributed by atoms with van der Waals surface area (Å²) in [4.78, 5) is 0. The standard InChI is InChI=1S/C28H58/c1-6-10-12-14-15-16-17-18-19-20-21-23-26-28(24-8-3,27(5)9-4)25-22-13-11-7-2/h27H,6-26H2,1-5H3. The molecule has 0 aromatic rings. The first kappa shape index (κ1) is 28.0. The third kappa shape index (κ3) is 14.1. The highest BCUT2D eigenvalue weighted by Gasteiger charge is 2.33.